The largest absolute Gasteiger partial charge is 0.152 e. The van der Waals surface area contributed by atoms with Crippen molar-refractivity contribution in [3.8, 4) is 0 Å². The first-order valence-electron chi connectivity index (χ1n) is 2.05. The second-order valence-corrected chi connectivity index (χ2v) is 2.05. The molecule has 6 heavy (non-hydrogen) atoms. The summed E-state index contributed by atoms with van der Waals surface area (Å²) in [4.78, 5) is 0. The molecule has 1 fully saturated rings. The lowest BCUT2D eigenvalue weighted by molar-refractivity contribution is 0.946. The van der Waals surface area contributed by atoms with Crippen LogP contribution in [0.1, 0.15) is 12.8 Å². The van der Waals surface area contributed by atoms with Crippen molar-refractivity contribution in [1.82, 2.24) is 0 Å². The highest BCUT2D eigenvalue weighted by molar-refractivity contribution is 8.01. The van der Waals surface area contributed by atoms with E-state index < -0.39 is 0 Å². The van der Waals surface area contributed by atoms with Gasteiger partial charge in [-0.3, -0.25) is 0 Å². The molecule has 0 atom stereocenters. The average Bonchev–Trinajstić information content (AvgIpc) is 1.72. The zero-order valence-electron chi connectivity index (χ0n) is 3.53. The van der Waals surface area contributed by atoms with E-state index in [0.717, 1.165) is 18.6 Å². The zero-order chi connectivity index (χ0) is 4.24. The Hall–Kier alpha value is 0.350. The standard InChI is InChI=1S/C5H6S/c1-2-4-6-5-3-1/h1-2,5H2. The normalized spacial score (nSPS) is 24.0. The Morgan fingerprint density at radius 1 is 1.33 bits per heavy atom. The molecule has 1 heteroatoms. The van der Waals surface area contributed by atoms with E-state index >= 15 is 0 Å². The molecule has 32 valence electrons. The summed E-state index contributed by atoms with van der Waals surface area (Å²) in [6.07, 6.45) is 5.41. The second kappa shape index (κ2) is 2.51. The van der Waals surface area contributed by atoms with Gasteiger partial charge in [0.2, 0.25) is 0 Å². The van der Waals surface area contributed by atoms with Crippen molar-refractivity contribution in [2.75, 3.05) is 5.75 Å². The van der Waals surface area contributed by atoms with Crippen LogP contribution in [0.2, 0.25) is 0 Å². The van der Waals surface area contributed by atoms with E-state index in [4.69, 9.17) is 0 Å². The summed E-state index contributed by atoms with van der Waals surface area (Å²) in [5.74, 6) is 4.19. The summed E-state index contributed by atoms with van der Waals surface area (Å²) in [6, 6.07) is 0. The minimum Gasteiger partial charge on any atom is -0.152 e. The first-order chi connectivity index (χ1) is 3.00. The predicted molar refractivity (Wildman–Crippen MR) is 28.2 cm³/mol. The summed E-state index contributed by atoms with van der Waals surface area (Å²) in [5, 5.41) is 0. The second-order valence-electron chi connectivity index (χ2n) is 1.18. The summed E-state index contributed by atoms with van der Waals surface area (Å²) in [7, 11) is 0. The van der Waals surface area contributed by atoms with Crippen LogP contribution in [0.15, 0.2) is 0 Å². The highest BCUT2D eigenvalue weighted by Crippen LogP contribution is 2.18. The molecule has 0 amide bonds. The maximum atomic E-state index is 3.19. The highest BCUT2D eigenvalue weighted by Gasteiger charge is 1.97. The van der Waals surface area contributed by atoms with Crippen LogP contribution in [0, 0.1) is 12.2 Å². The van der Waals surface area contributed by atoms with Gasteiger partial charge in [-0.25, -0.2) is 0 Å². The molecule has 1 aliphatic heterocycles. The lowest BCUT2D eigenvalue weighted by Crippen LogP contribution is -1.87. The summed E-state index contributed by atoms with van der Waals surface area (Å²) in [6.45, 7) is 0. The Kier molecular flexibility index (Phi) is 1.89. The van der Waals surface area contributed by atoms with Crippen LogP contribution >= 0.6 is 11.8 Å². The maximum Gasteiger partial charge on any atom is 0.0481 e. The molecule has 0 spiro atoms. The van der Waals surface area contributed by atoms with Crippen LogP contribution in [0.25, 0.3) is 0 Å². The maximum absolute atomic E-state index is 3.19. The van der Waals surface area contributed by atoms with E-state index in [1.54, 1.807) is 11.8 Å². The van der Waals surface area contributed by atoms with Crippen LogP contribution < -0.4 is 0 Å². The van der Waals surface area contributed by atoms with Crippen LogP contribution in [0.3, 0.4) is 0 Å². The molecule has 1 aliphatic rings. The fraction of sp³-hybridized carbons (Fsp3) is 0.600. The molecule has 1 saturated heterocycles. The van der Waals surface area contributed by atoms with Crippen molar-refractivity contribution in [1.29, 1.82) is 0 Å². The van der Waals surface area contributed by atoms with E-state index in [-0.39, 0.29) is 0 Å². The van der Waals surface area contributed by atoms with E-state index in [1.165, 1.54) is 0 Å². The smallest absolute Gasteiger partial charge is 0.0481 e. The number of rotatable bonds is 0. The van der Waals surface area contributed by atoms with Gasteiger partial charge in [0.1, 0.15) is 0 Å². The molecule has 1 rings (SSSR count). The molecule has 0 aromatic carbocycles. The monoisotopic (exact) mass is 98.0 g/mol. The molecule has 1 heterocycles. The van der Waals surface area contributed by atoms with Gasteiger partial charge in [0, 0.05) is 11.5 Å². The third-order valence-electron chi connectivity index (χ3n) is 0.680. The Morgan fingerprint density at radius 2 is 2.33 bits per heavy atom. The Labute approximate surface area is 43.3 Å². The van der Waals surface area contributed by atoms with Crippen LogP contribution in [0.4, 0.5) is 0 Å². The van der Waals surface area contributed by atoms with Gasteiger partial charge in [-0.2, -0.15) is 11.8 Å². The van der Waals surface area contributed by atoms with Crippen molar-refractivity contribution in [2.45, 2.75) is 12.8 Å². The van der Waals surface area contributed by atoms with Gasteiger partial charge >= 0.3 is 0 Å². The third kappa shape index (κ3) is 1.21. The number of hydrogen-bond donors (Lipinski definition) is 0. The molecule has 0 aromatic heterocycles. The quantitative estimate of drug-likeness (QED) is 0.444. The van der Waals surface area contributed by atoms with Gasteiger partial charge in [0.05, 0.1) is 0 Å². The van der Waals surface area contributed by atoms with Crippen LogP contribution in [-0.4, -0.2) is 5.75 Å². The molecule has 0 aromatic rings. The molecule has 0 unspecified atom stereocenters. The van der Waals surface area contributed by atoms with Crippen LogP contribution in [-0.2, 0) is 0 Å². The molecular formula is C5H6S. The highest BCUT2D eigenvalue weighted by atomic mass is 32.2. The van der Waals surface area contributed by atoms with Crippen molar-refractivity contribution in [3.05, 3.63) is 12.2 Å². The van der Waals surface area contributed by atoms with E-state index in [1.807, 2.05) is 0 Å². The van der Waals surface area contributed by atoms with E-state index in [2.05, 4.69) is 12.2 Å². The lowest BCUT2D eigenvalue weighted by Gasteiger charge is -2.03. The molecule has 4 radical (unpaired) electrons. The van der Waals surface area contributed by atoms with Gasteiger partial charge in [0.25, 0.3) is 0 Å². The lowest BCUT2D eigenvalue weighted by atomic mass is 10.3. The average molecular weight is 98.2 g/mol. The van der Waals surface area contributed by atoms with Gasteiger partial charge in [-0.1, -0.05) is 0 Å². The Bertz CT molecular complexity index is 19.4. The first-order valence-corrected chi connectivity index (χ1v) is 3.04. The number of thioether (sulfide) groups is 1. The zero-order valence-corrected chi connectivity index (χ0v) is 4.35. The Balaban J connectivity index is 2.00. The molecule has 0 aliphatic carbocycles. The fourth-order valence-corrected chi connectivity index (χ4v) is 0.981. The van der Waals surface area contributed by atoms with Crippen molar-refractivity contribution >= 4 is 11.8 Å². The van der Waals surface area contributed by atoms with Gasteiger partial charge in [0.15, 0.2) is 0 Å². The molecule has 0 nitrogen and oxygen atoms in total. The van der Waals surface area contributed by atoms with Crippen molar-refractivity contribution < 1.29 is 0 Å². The minimum atomic E-state index is 1.06. The van der Waals surface area contributed by atoms with Gasteiger partial charge in [-0.15, -0.1) is 0 Å². The summed E-state index contributed by atoms with van der Waals surface area (Å²) < 4.78 is 0. The van der Waals surface area contributed by atoms with Gasteiger partial charge < -0.3 is 0 Å². The minimum absolute atomic E-state index is 1.06. The van der Waals surface area contributed by atoms with Crippen molar-refractivity contribution in [2.24, 2.45) is 0 Å². The van der Waals surface area contributed by atoms with Crippen LogP contribution in [0.5, 0.6) is 0 Å². The molecule has 0 saturated carbocycles. The third-order valence-corrected chi connectivity index (χ3v) is 1.44. The summed E-state index contributed by atoms with van der Waals surface area (Å²) >= 11 is 1.73. The SMILES string of the molecule is [C]1CC[C]SC1. The van der Waals surface area contributed by atoms with Crippen molar-refractivity contribution in [3.63, 3.8) is 0 Å². The number of hydrogen-bond acceptors (Lipinski definition) is 1. The molecule has 0 bridgehead atoms. The first kappa shape index (κ1) is 4.51. The predicted octanol–water partition coefficient (Wildman–Crippen LogP) is 1.63. The topological polar surface area (TPSA) is 0 Å². The van der Waals surface area contributed by atoms with Gasteiger partial charge in [-0.05, 0) is 19.3 Å². The van der Waals surface area contributed by atoms with E-state index in [9.17, 15) is 0 Å². The summed E-state index contributed by atoms with van der Waals surface area (Å²) in [5.41, 5.74) is 0. The molecule has 0 N–H and O–H groups in total. The fourth-order valence-electron chi connectivity index (χ4n) is 0.386. The van der Waals surface area contributed by atoms with E-state index in [0.29, 0.717) is 0 Å². The molecular weight excluding hydrogens is 92.1 g/mol. The Morgan fingerprint density at radius 3 is 2.50 bits per heavy atom.